The van der Waals surface area contributed by atoms with Crippen LogP contribution in [0.5, 0.6) is 0 Å². The van der Waals surface area contributed by atoms with Crippen molar-refractivity contribution in [2.75, 3.05) is 0 Å². The number of fused-ring (bicyclic) bond motifs is 2. The molecule has 4 aromatic carbocycles. The van der Waals surface area contributed by atoms with Gasteiger partial charge in [0.05, 0.1) is 23.7 Å². The van der Waals surface area contributed by atoms with Gasteiger partial charge in [-0.25, -0.2) is 9.59 Å². The molecule has 16 heteroatoms. The van der Waals surface area contributed by atoms with Crippen LogP contribution in [0.15, 0.2) is 106 Å². The summed E-state index contributed by atoms with van der Waals surface area (Å²) in [6.45, 7) is 4.19. The number of hydrogen-bond acceptors (Lipinski definition) is 6. The summed E-state index contributed by atoms with van der Waals surface area (Å²) < 4.78 is 88.6. The molecule has 6 aromatic rings. The molecule has 0 saturated heterocycles. The number of rotatable bonds is 28. The number of benzene rings is 4. The number of carbonyl (C=O) groups is 4. The fraction of sp³-hybridized carbons (Fsp3) is 0.467. The Labute approximate surface area is 441 Å². The fourth-order valence-corrected chi connectivity index (χ4v) is 9.24. The predicted molar refractivity (Wildman–Crippen MR) is 281 cm³/mol. The Balaban J connectivity index is 0.000000281. The normalized spacial score (nSPS) is 11.7. The number of aliphatic carboxylic acids is 2. The largest absolute Gasteiger partial charge is 0.474 e. The topological polar surface area (TPSA) is 141 Å². The number of hydrogen-bond donors (Lipinski definition) is 2. The molecular weight excluding hydrogens is 991 g/mol. The minimum atomic E-state index is -4.47. The van der Waals surface area contributed by atoms with E-state index in [2.05, 4.69) is 13.8 Å². The zero-order valence-corrected chi connectivity index (χ0v) is 43.7. The van der Waals surface area contributed by atoms with Gasteiger partial charge in [-0.3, -0.25) is 9.59 Å². The lowest BCUT2D eigenvalue weighted by Gasteiger charge is -2.21. The monoisotopic (exact) mass is 1060 g/mol. The maximum Gasteiger partial charge on any atom is 0.416 e. The van der Waals surface area contributed by atoms with E-state index in [0.717, 1.165) is 111 Å². The van der Waals surface area contributed by atoms with E-state index < -0.39 is 47.2 Å². The van der Waals surface area contributed by atoms with Gasteiger partial charge in [0.25, 0.3) is 0 Å². The fourth-order valence-electron chi connectivity index (χ4n) is 9.24. The average Bonchev–Trinajstić information content (AvgIpc) is 3.99. The van der Waals surface area contributed by atoms with E-state index in [4.69, 9.17) is 8.83 Å². The number of amides is 2. The summed E-state index contributed by atoms with van der Waals surface area (Å²) in [5, 5.41) is 20.5. The van der Waals surface area contributed by atoms with Crippen LogP contribution in [0.3, 0.4) is 0 Å². The van der Waals surface area contributed by atoms with E-state index in [1.54, 1.807) is 36.8 Å². The van der Waals surface area contributed by atoms with Crippen molar-refractivity contribution >= 4 is 45.7 Å². The summed E-state index contributed by atoms with van der Waals surface area (Å²) >= 11 is 0. The third-order valence-corrected chi connectivity index (χ3v) is 13.5. The number of unbranched alkanes of at least 4 members (excludes halogenated alkanes) is 16. The highest BCUT2D eigenvalue weighted by Crippen LogP contribution is 2.32. The highest BCUT2D eigenvalue weighted by atomic mass is 19.4. The molecule has 412 valence electrons. The van der Waals surface area contributed by atoms with Crippen molar-refractivity contribution in [3.05, 3.63) is 142 Å². The molecule has 6 rings (SSSR count). The SMILES string of the molecule is CCCCCCCCCCCCc1coc2ccc(CN(Cc3ccc(C(F)(F)F)cc3)C(=O)C(=O)O)cc12.CCCCCCCCCCc1coc2ccc(CN(Cc3ccc(C(F)(F)F)cc3)C(=O)C(=O)O)cc12. The van der Waals surface area contributed by atoms with Crippen molar-refractivity contribution < 1.29 is 64.6 Å². The number of furan rings is 2. The van der Waals surface area contributed by atoms with Gasteiger partial charge in [0, 0.05) is 37.0 Å². The van der Waals surface area contributed by atoms with Gasteiger partial charge < -0.3 is 28.8 Å². The number of carboxylic acids is 2. The van der Waals surface area contributed by atoms with Gasteiger partial charge in [0.2, 0.25) is 0 Å². The number of carbonyl (C=O) groups excluding carboxylic acids is 2. The van der Waals surface area contributed by atoms with Crippen LogP contribution >= 0.6 is 0 Å². The van der Waals surface area contributed by atoms with Crippen LogP contribution in [-0.4, -0.2) is 43.8 Å². The van der Waals surface area contributed by atoms with E-state index >= 15 is 0 Å². The summed E-state index contributed by atoms with van der Waals surface area (Å²) in [6.07, 6.45) is 18.6. The molecule has 0 saturated carbocycles. The van der Waals surface area contributed by atoms with E-state index in [9.17, 15) is 55.7 Å². The summed E-state index contributed by atoms with van der Waals surface area (Å²) in [4.78, 5) is 49.9. The molecule has 0 bridgehead atoms. The minimum Gasteiger partial charge on any atom is -0.474 e. The van der Waals surface area contributed by atoms with Crippen LogP contribution in [0, 0.1) is 0 Å². The van der Waals surface area contributed by atoms with Crippen LogP contribution in [0.1, 0.15) is 174 Å². The number of carboxylic acid groups (broad SMARTS) is 2. The minimum absolute atomic E-state index is 0.00444. The Hall–Kier alpha value is -6.58. The Bertz CT molecular complexity index is 2740. The molecule has 0 atom stereocenters. The van der Waals surface area contributed by atoms with Crippen LogP contribution in [0.2, 0.25) is 0 Å². The molecule has 0 fully saturated rings. The maximum atomic E-state index is 12.9. The molecular formula is C60H72F6N2O8. The maximum absolute atomic E-state index is 12.9. The Morgan fingerprint density at radius 2 is 0.711 bits per heavy atom. The quantitative estimate of drug-likeness (QED) is 0.0281. The van der Waals surface area contributed by atoms with Crippen molar-refractivity contribution in [3.8, 4) is 0 Å². The predicted octanol–water partition coefficient (Wildman–Crippen LogP) is 16.3. The van der Waals surface area contributed by atoms with E-state index in [-0.39, 0.29) is 26.2 Å². The zero-order valence-electron chi connectivity index (χ0n) is 43.7. The molecule has 2 amide bonds. The van der Waals surface area contributed by atoms with Crippen molar-refractivity contribution in [1.82, 2.24) is 9.80 Å². The number of nitrogens with zero attached hydrogens (tertiary/aromatic N) is 2. The molecule has 0 aliphatic heterocycles. The molecule has 10 nitrogen and oxygen atoms in total. The average molecular weight is 1060 g/mol. The third kappa shape index (κ3) is 19.5. The van der Waals surface area contributed by atoms with Gasteiger partial charge in [-0.1, -0.05) is 153 Å². The van der Waals surface area contributed by atoms with Crippen molar-refractivity contribution in [3.63, 3.8) is 0 Å². The lowest BCUT2D eigenvalue weighted by atomic mass is 10.0. The first-order chi connectivity index (χ1) is 36.4. The smallest absolute Gasteiger partial charge is 0.416 e. The van der Waals surface area contributed by atoms with E-state index in [0.29, 0.717) is 16.7 Å². The van der Waals surface area contributed by atoms with Gasteiger partial charge in [-0.2, -0.15) is 26.3 Å². The summed E-state index contributed by atoms with van der Waals surface area (Å²) in [6, 6.07) is 19.7. The molecule has 76 heavy (non-hydrogen) atoms. The molecule has 0 aliphatic carbocycles. The number of halogens is 6. The highest BCUT2D eigenvalue weighted by Gasteiger charge is 2.31. The molecule has 0 spiro atoms. The molecule has 0 radical (unpaired) electrons. The van der Waals surface area contributed by atoms with E-state index in [1.165, 1.54) is 114 Å². The Kier molecular flexibility index (Phi) is 24.0. The second-order valence-corrected chi connectivity index (χ2v) is 19.7. The first-order valence-electron chi connectivity index (χ1n) is 26.7. The van der Waals surface area contributed by atoms with Crippen molar-refractivity contribution in [1.29, 1.82) is 0 Å². The van der Waals surface area contributed by atoms with Crippen molar-refractivity contribution in [2.45, 2.75) is 181 Å². The van der Waals surface area contributed by atoms with E-state index in [1.807, 2.05) is 12.1 Å². The highest BCUT2D eigenvalue weighted by molar-refractivity contribution is 6.31. The second-order valence-electron chi connectivity index (χ2n) is 19.7. The standard InChI is InChI=1S/C31H38F3NO4.C29H34F3NO4/c1-2-3-4-5-6-7-8-9-10-11-12-25-22-39-28-18-15-24(19-27(25)28)21-35(29(36)30(37)38)20-23-13-16-26(17-14-23)31(32,33)34;1-2-3-4-5-6-7-8-9-10-23-20-37-26-16-13-22(17-25(23)26)19-33(27(34)28(35)36)18-21-11-14-24(15-12-21)29(30,31)32/h13-19,22H,2-12,20-21H2,1H3,(H,37,38);11-17,20H,2-10,18-19H2,1H3,(H,35,36). The van der Waals surface area contributed by atoms with Crippen LogP contribution in [-0.2, 0) is 70.6 Å². The molecule has 2 N–H and O–H groups in total. The molecule has 2 heterocycles. The van der Waals surface area contributed by atoms with Crippen LogP contribution in [0.4, 0.5) is 26.3 Å². The lowest BCUT2D eigenvalue weighted by molar-refractivity contribution is -0.156. The Morgan fingerprint density at radius 3 is 1.01 bits per heavy atom. The Morgan fingerprint density at radius 1 is 0.421 bits per heavy atom. The first kappa shape index (κ1) is 60.3. The lowest BCUT2D eigenvalue weighted by Crippen LogP contribution is -2.35. The van der Waals surface area contributed by atoms with Crippen molar-refractivity contribution in [2.24, 2.45) is 0 Å². The summed E-state index contributed by atoms with van der Waals surface area (Å²) in [7, 11) is 0. The summed E-state index contributed by atoms with van der Waals surface area (Å²) in [5.74, 6) is -5.47. The van der Waals surface area contributed by atoms with Gasteiger partial charge in [0.1, 0.15) is 11.2 Å². The van der Waals surface area contributed by atoms with Gasteiger partial charge in [-0.15, -0.1) is 0 Å². The third-order valence-electron chi connectivity index (χ3n) is 13.5. The number of alkyl halides is 6. The van der Waals surface area contributed by atoms with Gasteiger partial charge >= 0.3 is 36.1 Å². The van der Waals surface area contributed by atoms with Gasteiger partial charge in [-0.05, 0) is 108 Å². The molecule has 0 unspecified atom stereocenters. The van der Waals surface area contributed by atoms with Gasteiger partial charge in [0.15, 0.2) is 0 Å². The summed E-state index contributed by atoms with van der Waals surface area (Å²) in [5.41, 5.74) is 4.22. The molecule has 0 aliphatic rings. The van der Waals surface area contributed by atoms with Crippen LogP contribution < -0.4 is 0 Å². The number of aryl methyl sites for hydroxylation is 2. The zero-order chi connectivity index (χ0) is 55.1. The second kappa shape index (κ2) is 30.2. The molecule has 2 aromatic heterocycles. The first-order valence-corrected chi connectivity index (χ1v) is 26.7. The van der Waals surface area contributed by atoms with Crippen LogP contribution in [0.25, 0.3) is 21.9 Å².